The molecule has 1 heterocycles. The van der Waals surface area contributed by atoms with E-state index in [-0.39, 0.29) is 23.8 Å². The molecule has 0 aliphatic rings. The number of amides is 1. The third kappa shape index (κ3) is 5.12. The lowest BCUT2D eigenvalue weighted by Gasteiger charge is -2.15. The number of thioether (sulfide) groups is 1. The molecule has 0 aliphatic heterocycles. The van der Waals surface area contributed by atoms with Gasteiger partial charge in [-0.1, -0.05) is 30.0 Å². The summed E-state index contributed by atoms with van der Waals surface area (Å²) in [7, 11) is 1.46. The van der Waals surface area contributed by atoms with Crippen molar-refractivity contribution in [2.45, 2.75) is 12.1 Å². The van der Waals surface area contributed by atoms with Gasteiger partial charge in [-0.2, -0.15) is 5.26 Å². The molecule has 2 N–H and O–H groups in total. The fourth-order valence-corrected chi connectivity index (χ4v) is 3.77. The number of aryl methyl sites for hydroxylation is 1. The Kier molecular flexibility index (Phi) is 7.56. The van der Waals surface area contributed by atoms with E-state index < -0.39 is 5.56 Å². The number of halogens is 1. The van der Waals surface area contributed by atoms with Gasteiger partial charge in [-0.15, -0.1) is 0 Å². The fraction of sp³-hybridized carbons (Fsp3) is 0.182. The Bertz CT molecular complexity index is 1270. The molecular weight excluding hydrogens is 496 g/mol. The molecule has 3 aromatic rings. The van der Waals surface area contributed by atoms with Crippen molar-refractivity contribution in [3.05, 3.63) is 62.4 Å². The second-order valence-corrected chi connectivity index (χ2v) is 8.19. The van der Waals surface area contributed by atoms with Crippen LogP contribution in [0.4, 0.5) is 5.69 Å². The topological polar surface area (TPSA) is 117 Å². The average Bonchev–Trinajstić information content (AvgIpc) is 2.78. The number of aromatic nitrogens is 2. The van der Waals surface area contributed by atoms with Gasteiger partial charge in [0, 0.05) is 15.7 Å². The maximum Gasteiger partial charge on any atom is 0.270 e. The number of carbonyl (C=O) groups is 1. The first-order valence-electron chi connectivity index (χ1n) is 9.32. The van der Waals surface area contributed by atoms with Gasteiger partial charge in [0.15, 0.2) is 23.3 Å². The molecule has 2 aromatic carbocycles. The van der Waals surface area contributed by atoms with E-state index in [0.717, 1.165) is 5.56 Å². The van der Waals surface area contributed by atoms with Gasteiger partial charge in [-0.3, -0.25) is 9.59 Å². The van der Waals surface area contributed by atoms with Crippen molar-refractivity contribution in [3.8, 4) is 28.8 Å². The summed E-state index contributed by atoms with van der Waals surface area (Å²) in [6.07, 6.45) is 1.77. The molecule has 0 atom stereocenters. The largest absolute Gasteiger partial charge is 0.493 e. The number of ether oxygens (including phenoxy) is 2. The molecule has 0 aliphatic carbocycles. The molecule has 8 nitrogen and oxygen atoms in total. The first-order chi connectivity index (χ1) is 15.4. The number of carbonyl (C=O) groups excluding carboxylic acids is 1. The van der Waals surface area contributed by atoms with Crippen LogP contribution in [-0.4, -0.2) is 35.8 Å². The van der Waals surface area contributed by atoms with Gasteiger partial charge in [-0.05, 0) is 52.9 Å². The number of nitriles is 1. The molecule has 0 fully saturated rings. The zero-order valence-electron chi connectivity index (χ0n) is 17.5. The van der Waals surface area contributed by atoms with Crippen LogP contribution >= 0.6 is 27.7 Å². The van der Waals surface area contributed by atoms with E-state index in [2.05, 4.69) is 31.2 Å². The molecule has 10 heteroatoms. The van der Waals surface area contributed by atoms with Gasteiger partial charge >= 0.3 is 0 Å². The lowest BCUT2D eigenvalue weighted by Crippen LogP contribution is -2.20. The van der Waals surface area contributed by atoms with Gasteiger partial charge in [0.05, 0.1) is 12.8 Å². The predicted molar refractivity (Wildman–Crippen MR) is 126 cm³/mol. The predicted octanol–water partition coefficient (Wildman–Crippen LogP) is 4.13. The van der Waals surface area contributed by atoms with E-state index in [9.17, 15) is 14.9 Å². The van der Waals surface area contributed by atoms with Crippen LogP contribution in [-0.2, 0) is 4.79 Å². The highest BCUT2D eigenvalue weighted by atomic mass is 79.9. The zero-order chi connectivity index (χ0) is 23.3. The number of hydrogen-bond donors (Lipinski definition) is 2. The van der Waals surface area contributed by atoms with Crippen molar-refractivity contribution >= 4 is 39.3 Å². The fourth-order valence-electron chi connectivity index (χ4n) is 2.88. The highest BCUT2D eigenvalue weighted by molar-refractivity contribution is 9.10. The molecule has 0 radical (unpaired) electrons. The lowest BCUT2D eigenvalue weighted by molar-refractivity contribution is -0.118. The minimum atomic E-state index is -0.527. The number of H-pyrrole nitrogens is 1. The number of methoxy groups -OCH3 is 1. The number of hydrogen-bond acceptors (Lipinski definition) is 7. The molecule has 0 unspecified atom stereocenters. The summed E-state index contributed by atoms with van der Waals surface area (Å²) in [5, 5.41) is 12.6. The minimum Gasteiger partial charge on any atom is -0.493 e. The van der Waals surface area contributed by atoms with Crippen LogP contribution < -0.4 is 20.3 Å². The van der Waals surface area contributed by atoms with Gasteiger partial charge in [-0.25, -0.2) is 4.98 Å². The number of benzene rings is 2. The molecule has 0 saturated heterocycles. The summed E-state index contributed by atoms with van der Waals surface area (Å²) in [6.45, 7) is 1.66. The van der Waals surface area contributed by atoms with Crippen LogP contribution in [0.3, 0.4) is 0 Å². The Morgan fingerprint density at radius 1 is 1.31 bits per heavy atom. The van der Waals surface area contributed by atoms with Gasteiger partial charge in [0.25, 0.3) is 11.5 Å². The molecule has 164 valence electrons. The Morgan fingerprint density at radius 2 is 2.06 bits per heavy atom. The van der Waals surface area contributed by atoms with Crippen LogP contribution in [0.2, 0.25) is 0 Å². The average molecular weight is 515 g/mol. The first-order valence-corrected chi connectivity index (χ1v) is 11.3. The van der Waals surface area contributed by atoms with E-state index in [0.29, 0.717) is 32.4 Å². The molecule has 3 rings (SSSR count). The smallest absolute Gasteiger partial charge is 0.270 e. The van der Waals surface area contributed by atoms with E-state index in [1.165, 1.54) is 18.9 Å². The van der Waals surface area contributed by atoms with Crippen molar-refractivity contribution < 1.29 is 14.3 Å². The molecule has 0 saturated carbocycles. The van der Waals surface area contributed by atoms with Crippen molar-refractivity contribution in [1.29, 1.82) is 5.26 Å². The third-order valence-corrected chi connectivity index (χ3v) is 5.73. The van der Waals surface area contributed by atoms with Crippen LogP contribution in [0.25, 0.3) is 11.3 Å². The highest BCUT2D eigenvalue weighted by Gasteiger charge is 2.19. The molecule has 1 amide bonds. The Morgan fingerprint density at radius 3 is 2.72 bits per heavy atom. The minimum absolute atomic E-state index is 0.114. The second-order valence-electron chi connectivity index (χ2n) is 6.55. The summed E-state index contributed by atoms with van der Waals surface area (Å²) in [4.78, 5) is 31.5. The number of nitrogens with zero attached hydrogens (tertiary/aromatic N) is 2. The van der Waals surface area contributed by atoms with E-state index >= 15 is 0 Å². The van der Waals surface area contributed by atoms with Crippen LogP contribution in [0.1, 0.15) is 11.1 Å². The second kappa shape index (κ2) is 10.3. The Balaban J connectivity index is 1.89. The lowest BCUT2D eigenvalue weighted by atomic mass is 10.1. The standard InChI is InChI=1S/C22H19BrN4O4S/c1-12-6-4-5-7-16(12)25-19(28)11-31-18-9-15(23)13(8-17(18)30-2)20-14(10-24)21(29)27-22(26-20)32-3/h4-9H,11H2,1-3H3,(H,25,28)(H,26,27,29). The van der Waals surface area contributed by atoms with Crippen molar-refractivity contribution in [3.63, 3.8) is 0 Å². The number of para-hydroxylation sites is 1. The van der Waals surface area contributed by atoms with Crippen molar-refractivity contribution in [1.82, 2.24) is 9.97 Å². The molecular formula is C22H19BrN4O4S. The quantitative estimate of drug-likeness (QED) is 0.359. The first kappa shape index (κ1) is 23.4. The number of aromatic amines is 1. The Labute approximate surface area is 197 Å². The van der Waals surface area contributed by atoms with Gasteiger partial charge in [0.2, 0.25) is 0 Å². The molecule has 0 spiro atoms. The molecule has 0 bridgehead atoms. The number of anilines is 1. The number of rotatable bonds is 7. The Hall–Kier alpha value is -3.29. The van der Waals surface area contributed by atoms with E-state index in [4.69, 9.17) is 9.47 Å². The summed E-state index contributed by atoms with van der Waals surface area (Å²) in [6, 6.07) is 12.5. The van der Waals surface area contributed by atoms with Crippen LogP contribution in [0, 0.1) is 18.3 Å². The number of nitrogens with one attached hydrogen (secondary N) is 2. The normalized spacial score (nSPS) is 10.3. The monoisotopic (exact) mass is 514 g/mol. The summed E-state index contributed by atoms with van der Waals surface area (Å²) in [5.41, 5.74) is 1.70. The van der Waals surface area contributed by atoms with E-state index in [1.807, 2.05) is 37.3 Å². The van der Waals surface area contributed by atoms with Crippen molar-refractivity contribution in [2.75, 3.05) is 25.3 Å². The molecule has 32 heavy (non-hydrogen) atoms. The molecule has 1 aromatic heterocycles. The van der Waals surface area contributed by atoms with Gasteiger partial charge < -0.3 is 19.8 Å². The van der Waals surface area contributed by atoms with Crippen LogP contribution in [0.15, 0.2) is 50.8 Å². The highest BCUT2D eigenvalue weighted by Crippen LogP contribution is 2.39. The van der Waals surface area contributed by atoms with Crippen molar-refractivity contribution in [2.24, 2.45) is 0 Å². The summed E-state index contributed by atoms with van der Waals surface area (Å²) < 4.78 is 11.6. The van der Waals surface area contributed by atoms with E-state index in [1.54, 1.807) is 18.4 Å². The maximum atomic E-state index is 12.3. The zero-order valence-corrected chi connectivity index (χ0v) is 19.9. The third-order valence-electron chi connectivity index (χ3n) is 4.49. The maximum absolute atomic E-state index is 12.3. The summed E-state index contributed by atoms with van der Waals surface area (Å²) >= 11 is 4.70. The SMILES string of the molecule is COc1cc(-c2nc(SC)[nH]c(=O)c2C#N)c(Br)cc1OCC(=O)Nc1ccccc1C. The van der Waals surface area contributed by atoms with Crippen LogP contribution in [0.5, 0.6) is 11.5 Å². The summed E-state index contributed by atoms with van der Waals surface area (Å²) in [5.74, 6) is 0.314. The van der Waals surface area contributed by atoms with Gasteiger partial charge in [0.1, 0.15) is 11.6 Å².